The average Bonchev–Trinajstić information content (AvgIpc) is 2.34. The lowest BCUT2D eigenvalue weighted by atomic mass is 10.2. The molecule has 20 heavy (non-hydrogen) atoms. The van der Waals surface area contributed by atoms with E-state index >= 15 is 0 Å². The highest BCUT2D eigenvalue weighted by Crippen LogP contribution is 2.36. The number of ether oxygens (including phenoxy) is 1. The van der Waals surface area contributed by atoms with Gasteiger partial charge in [-0.15, -0.1) is 0 Å². The zero-order valence-corrected chi connectivity index (χ0v) is 10.3. The van der Waals surface area contributed by atoms with Crippen molar-refractivity contribution in [2.45, 2.75) is 25.3 Å². The van der Waals surface area contributed by atoms with Gasteiger partial charge in [0.15, 0.2) is 0 Å². The standard InChI is InChI=1S/C12H13F6NO/c13-10-4-2-9(3-5-10)8-19-6-1-7-20-12(17,18)11(14,15)16/h2-5,19H,1,6-8H2. The van der Waals surface area contributed by atoms with Crippen LogP contribution in [0.5, 0.6) is 0 Å². The minimum atomic E-state index is -5.70. The molecule has 0 atom stereocenters. The molecule has 1 N–H and O–H groups in total. The SMILES string of the molecule is Fc1ccc(CNCCCOC(F)(F)C(F)(F)F)cc1. The van der Waals surface area contributed by atoms with Gasteiger partial charge in [0.25, 0.3) is 0 Å². The smallest absolute Gasteiger partial charge is 0.313 e. The fourth-order valence-corrected chi connectivity index (χ4v) is 1.31. The topological polar surface area (TPSA) is 21.3 Å². The highest BCUT2D eigenvalue weighted by Gasteiger charge is 2.59. The fraction of sp³-hybridized carbons (Fsp3) is 0.500. The summed E-state index contributed by atoms with van der Waals surface area (Å²) >= 11 is 0. The van der Waals surface area contributed by atoms with Crippen LogP contribution in [-0.2, 0) is 11.3 Å². The van der Waals surface area contributed by atoms with Gasteiger partial charge in [0.05, 0.1) is 6.61 Å². The van der Waals surface area contributed by atoms with Crippen molar-refractivity contribution in [1.29, 1.82) is 0 Å². The van der Waals surface area contributed by atoms with E-state index in [9.17, 15) is 26.3 Å². The van der Waals surface area contributed by atoms with Crippen molar-refractivity contribution in [2.24, 2.45) is 0 Å². The minimum absolute atomic E-state index is 0.00708. The number of hydrogen-bond donors (Lipinski definition) is 1. The third-order valence-corrected chi connectivity index (χ3v) is 2.35. The molecule has 0 aliphatic rings. The number of benzene rings is 1. The molecular weight excluding hydrogens is 288 g/mol. The zero-order chi connectivity index (χ0) is 15.2. The molecule has 1 aromatic carbocycles. The molecule has 1 aromatic rings. The maximum Gasteiger partial charge on any atom is 0.482 e. The summed E-state index contributed by atoms with van der Waals surface area (Å²) in [5.74, 6) is -0.378. The van der Waals surface area contributed by atoms with E-state index in [0.29, 0.717) is 6.54 Å². The van der Waals surface area contributed by atoms with E-state index in [0.717, 1.165) is 5.56 Å². The third kappa shape index (κ3) is 5.38. The third-order valence-electron chi connectivity index (χ3n) is 2.35. The monoisotopic (exact) mass is 301 g/mol. The van der Waals surface area contributed by atoms with Crippen LogP contribution in [0.15, 0.2) is 24.3 Å². The Bertz CT molecular complexity index is 403. The molecule has 114 valence electrons. The van der Waals surface area contributed by atoms with Crippen LogP contribution in [0.2, 0.25) is 0 Å². The van der Waals surface area contributed by atoms with Crippen LogP contribution in [0.4, 0.5) is 26.3 Å². The van der Waals surface area contributed by atoms with Crippen molar-refractivity contribution < 1.29 is 31.1 Å². The van der Waals surface area contributed by atoms with E-state index in [-0.39, 0.29) is 18.8 Å². The van der Waals surface area contributed by atoms with E-state index in [1.54, 1.807) is 0 Å². The highest BCUT2D eigenvalue weighted by atomic mass is 19.4. The first-order valence-electron chi connectivity index (χ1n) is 5.76. The van der Waals surface area contributed by atoms with Gasteiger partial charge in [-0.3, -0.25) is 0 Å². The first-order valence-corrected chi connectivity index (χ1v) is 5.76. The van der Waals surface area contributed by atoms with Crippen molar-refractivity contribution in [3.63, 3.8) is 0 Å². The van der Waals surface area contributed by atoms with Crippen molar-refractivity contribution in [2.75, 3.05) is 13.2 Å². The van der Waals surface area contributed by atoms with E-state index in [4.69, 9.17) is 0 Å². The molecular formula is C12H13F6NO. The number of hydrogen-bond acceptors (Lipinski definition) is 2. The molecule has 0 heterocycles. The van der Waals surface area contributed by atoms with Gasteiger partial charge in [0.1, 0.15) is 5.82 Å². The number of alkyl halides is 5. The van der Waals surface area contributed by atoms with Gasteiger partial charge in [0.2, 0.25) is 0 Å². The molecule has 1 rings (SSSR count). The minimum Gasteiger partial charge on any atom is -0.313 e. The summed E-state index contributed by atoms with van der Waals surface area (Å²) in [4.78, 5) is 0. The fourth-order valence-electron chi connectivity index (χ4n) is 1.31. The summed E-state index contributed by atoms with van der Waals surface area (Å²) in [6.45, 7) is -0.163. The van der Waals surface area contributed by atoms with Gasteiger partial charge in [-0.05, 0) is 30.7 Å². The van der Waals surface area contributed by atoms with Crippen LogP contribution in [0.1, 0.15) is 12.0 Å². The summed E-state index contributed by atoms with van der Waals surface area (Å²) in [5, 5.41) is 2.82. The Hall–Kier alpha value is -1.28. The van der Waals surface area contributed by atoms with Crippen LogP contribution in [0.3, 0.4) is 0 Å². The molecule has 0 aromatic heterocycles. The normalized spacial score (nSPS) is 12.7. The van der Waals surface area contributed by atoms with Crippen LogP contribution in [0, 0.1) is 5.82 Å². The molecule has 8 heteroatoms. The Kier molecular flexibility index (Phi) is 5.82. The first kappa shape index (κ1) is 16.8. The highest BCUT2D eigenvalue weighted by molar-refractivity contribution is 5.15. The molecule has 2 nitrogen and oxygen atoms in total. The van der Waals surface area contributed by atoms with Gasteiger partial charge < -0.3 is 10.1 Å². The van der Waals surface area contributed by atoms with Crippen LogP contribution in [0.25, 0.3) is 0 Å². The molecule has 0 unspecified atom stereocenters. The molecule has 0 fully saturated rings. The molecule has 0 amide bonds. The van der Waals surface area contributed by atoms with Gasteiger partial charge in [0, 0.05) is 6.54 Å². The number of rotatable bonds is 7. The lowest BCUT2D eigenvalue weighted by Crippen LogP contribution is -2.39. The first-order chi connectivity index (χ1) is 9.22. The molecule has 0 spiro atoms. The average molecular weight is 301 g/mol. The Morgan fingerprint density at radius 3 is 2.15 bits per heavy atom. The molecule has 0 aliphatic carbocycles. The lowest BCUT2D eigenvalue weighted by Gasteiger charge is -2.19. The van der Waals surface area contributed by atoms with Crippen molar-refractivity contribution in [3.05, 3.63) is 35.6 Å². The van der Waals surface area contributed by atoms with Crippen molar-refractivity contribution in [1.82, 2.24) is 5.32 Å². The van der Waals surface area contributed by atoms with Crippen molar-refractivity contribution in [3.8, 4) is 0 Å². The maximum atomic E-state index is 12.6. The van der Waals surface area contributed by atoms with Crippen LogP contribution >= 0.6 is 0 Å². The largest absolute Gasteiger partial charge is 0.482 e. The summed E-state index contributed by atoms with van der Waals surface area (Å²) in [5.41, 5.74) is 0.771. The number of halogens is 6. The van der Waals surface area contributed by atoms with E-state index in [2.05, 4.69) is 10.1 Å². The predicted molar refractivity (Wildman–Crippen MR) is 59.7 cm³/mol. The predicted octanol–water partition coefficient (Wildman–Crippen LogP) is 3.48. The van der Waals surface area contributed by atoms with Gasteiger partial charge in [-0.1, -0.05) is 12.1 Å². The van der Waals surface area contributed by atoms with E-state index < -0.39 is 18.9 Å². The molecule has 0 bridgehead atoms. The Morgan fingerprint density at radius 1 is 1.00 bits per heavy atom. The second-order valence-electron chi connectivity index (χ2n) is 4.02. The summed E-state index contributed by atoms with van der Waals surface area (Å²) < 4.78 is 76.0. The summed E-state index contributed by atoms with van der Waals surface area (Å²) in [7, 11) is 0. The van der Waals surface area contributed by atoms with Gasteiger partial charge in [-0.25, -0.2) is 4.39 Å². The van der Waals surface area contributed by atoms with Crippen LogP contribution < -0.4 is 5.32 Å². The van der Waals surface area contributed by atoms with Crippen molar-refractivity contribution >= 4 is 0 Å². The van der Waals surface area contributed by atoms with E-state index in [1.165, 1.54) is 24.3 Å². The molecule has 0 saturated carbocycles. The summed E-state index contributed by atoms with van der Waals surface area (Å²) in [6.07, 6.45) is -10.8. The second-order valence-corrected chi connectivity index (χ2v) is 4.02. The Labute approximate surface area is 111 Å². The van der Waals surface area contributed by atoms with Gasteiger partial charge in [-0.2, -0.15) is 22.0 Å². The molecule has 0 radical (unpaired) electrons. The quantitative estimate of drug-likeness (QED) is 0.615. The Balaban J connectivity index is 2.15. The van der Waals surface area contributed by atoms with Gasteiger partial charge >= 0.3 is 12.3 Å². The lowest BCUT2D eigenvalue weighted by molar-refractivity contribution is -0.391. The van der Waals surface area contributed by atoms with E-state index in [1.807, 2.05) is 0 Å². The second kappa shape index (κ2) is 6.94. The maximum absolute atomic E-state index is 12.6. The Morgan fingerprint density at radius 2 is 1.60 bits per heavy atom. The zero-order valence-electron chi connectivity index (χ0n) is 10.3. The molecule has 0 aliphatic heterocycles. The molecule has 0 saturated heterocycles. The number of nitrogens with one attached hydrogen (secondary N) is 1. The van der Waals surface area contributed by atoms with Crippen LogP contribution in [-0.4, -0.2) is 25.4 Å². The summed E-state index contributed by atoms with van der Waals surface area (Å²) in [6, 6.07) is 5.61.